The Labute approximate surface area is 169 Å². The molecule has 2 aromatic rings. The number of nitrogens with one attached hydrogen (secondary N) is 1. The highest BCUT2D eigenvalue weighted by molar-refractivity contribution is 6.11. The molecule has 0 heterocycles. The molecule has 152 valence electrons. The van der Waals surface area contributed by atoms with Crippen molar-refractivity contribution in [1.29, 1.82) is 0 Å². The summed E-state index contributed by atoms with van der Waals surface area (Å²) in [6, 6.07) is 16.0. The van der Waals surface area contributed by atoms with Crippen LogP contribution in [0.2, 0.25) is 0 Å². The summed E-state index contributed by atoms with van der Waals surface area (Å²) in [5.74, 6) is -5.19. The Kier molecular flexibility index (Phi) is 8.09. The fourth-order valence-corrected chi connectivity index (χ4v) is 2.78. The van der Waals surface area contributed by atoms with Crippen LogP contribution in [0.25, 0.3) is 0 Å². The first-order chi connectivity index (χ1) is 14.0. The average Bonchev–Trinajstić information content (AvgIpc) is 2.75. The number of unbranched alkanes of at least 4 members (excludes halogenated alkanes) is 2. The van der Waals surface area contributed by atoms with E-state index in [1.807, 2.05) is 6.92 Å². The highest BCUT2D eigenvalue weighted by Crippen LogP contribution is 2.16. The lowest BCUT2D eigenvalue weighted by atomic mass is 10.00. The lowest BCUT2D eigenvalue weighted by molar-refractivity contribution is -0.151. The zero-order chi connectivity index (χ0) is 21.2. The largest absolute Gasteiger partial charge is 0.481 e. The van der Waals surface area contributed by atoms with E-state index in [1.165, 1.54) is 24.3 Å². The maximum Gasteiger partial charge on any atom is 0.316 e. The summed E-state index contributed by atoms with van der Waals surface area (Å²) in [6.07, 6.45) is 2.24. The number of hydrogen-bond donors (Lipinski definition) is 2. The summed E-state index contributed by atoms with van der Waals surface area (Å²) in [6.45, 7) is 1.96. The van der Waals surface area contributed by atoms with Gasteiger partial charge in [0.2, 0.25) is 0 Å². The highest BCUT2D eigenvalue weighted by atomic mass is 16.4. The van der Waals surface area contributed by atoms with Crippen LogP contribution in [0.15, 0.2) is 60.7 Å². The van der Waals surface area contributed by atoms with Crippen molar-refractivity contribution in [3.63, 3.8) is 0 Å². The summed E-state index contributed by atoms with van der Waals surface area (Å²) < 4.78 is 0. The van der Waals surface area contributed by atoms with Crippen LogP contribution >= 0.6 is 0 Å². The van der Waals surface area contributed by atoms with Crippen LogP contribution in [0.4, 0.5) is 0 Å². The number of hydrogen-bond acceptors (Lipinski definition) is 4. The van der Waals surface area contributed by atoms with Crippen LogP contribution in [0.1, 0.15) is 53.3 Å². The van der Waals surface area contributed by atoms with E-state index < -0.39 is 29.6 Å². The molecule has 0 bridgehead atoms. The number of carboxylic acids is 1. The number of amides is 3. The molecule has 1 unspecified atom stereocenters. The number of carbonyl (C=O) groups excluding carboxylic acids is 3. The molecule has 2 rings (SSSR count). The minimum absolute atomic E-state index is 0.0851. The second-order valence-corrected chi connectivity index (χ2v) is 6.54. The third-order valence-corrected chi connectivity index (χ3v) is 4.39. The van der Waals surface area contributed by atoms with E-state index in [2.05, 4.69) is 5.43 Å². The van der Waals surface area contributed by atoms with Crippen LogP contribution in [-0.2, 0) is 9.59 Å². The van der Waals surface area contributed by atoms with Gasteiger partial charge in [-0.15, -0.1) is 0 Å². The van der Waals surface area contributed by atoms with Gasteiger partial charge >= 0.3 is 5.97 Å². The molecule has 7 nitrogen and oxygen atoms in total. The van der Waals surface area contributed by atoms with Gasteiger partial charge in [0.15, 0.2) is 0 Å². The summed E-state index contributed by atoms with van der Waals surface area (Å²) in [4.78, 5) is 50.1. The highest BCUT2D eigenvalue weighted by Gasteiger charge is 2.35. The normalized spacial score (nSPS) is 11.3. The predicted molar refractivity (Wildman–Crippen MR) is 107 cm³/mol. The molecule has 0 radical (unpaired) electrons. The zero-order valence-electron chi connectivity index (χ0n) is 16.2. The molecule has 0 saturated carbocycles. The molecule has 2 aromatic carbocycles. The Morgan fingerprint density at radius 2 is 1.45 bits per heavy atom. The molecule has 0 spiro atoms. The minimum Gasteiger partial charge on any atom is -0.481 e. The van der Waals surface area contributed by atoms with Gasteiger partial charge in [-0.25, -0.2) is 0 Å². The molecule has 0 aliphatic heterocycles. The summed E-state index contributed by atoms with van der Waals surface area (Å²) in [5.41, 5.74) is 2.69. The topological polar surface area (TPSA) is 104 Å². The standard InChI is InChI=1S/C22H24N2O5/c1-2-3-6-15-18(22(28)29)21(27)24(20(26)17-13-9-5-10-14-17)23-19(25)16-11-7-4-8-12-16/h4-5,7-14,18H,2-3,6,15H2,1H3,(H,23,25)(H,28,29). The maximum absolute atomic E-state index is 13.0. The van der Waals surface area contributed by atoms with Gasteiger partial charge in [-0.1, -0.05) is 62.6 Å². The molecule has 29 heavy (non-hydrogen) atoms. The first-order valence-electron chi connectivity index (χ1n) is 9.47. The number of nitrogens with zero attached hydrogens (tertiary/aromatic N) is 1. The van der Waals surface area contributed by atoms with Gasteiger partial charge in [0.25, 0.3) is 17.7 Å². The molecular formula is C22H24N2O5. The lowest BCUT2D eigenvalue weighted by Gasteiger charge is -2.24. The van der Waals surface area contributed by atoms with E-state index >= 15 is 0 Å². The molecule has 0 aromatic heterocycles. The molecule has 3 amide bonds. The fraction of sp³-hybridized carbons (Fsp3) is 0.273. The number of benzene rings is 2. The van der Waals surface area contributed by atoms with Crippen molar-refractivity contribution in [1.82, 2.24) is 10.4 Å². The first-order valence-corrected chi connectivity index (χ1v) is 9.47. The first kappa shape index (κ1) is 21.8. The zero-order valence-corrected chi connectivity index (χ0v) is 16.2. The molecule has 2 N–H and O–H groups in total. The lowest BCUT2D eigenvalue weighted by Crippen LogP contribution is -2.53. The SMILES string of the molecule is CCCCCC(C(=O)O)C(=O)N(NC(=O)c1ccccc1)C(=O)c1ccccc1. The molecule has 0 fully saturated rings. The van der Waals surface area contributed by atoms with Crippen LogP contribution in [0, 0.1) is 5.92 Å². The van der Waals surface area contributed by atoms with Gasteiger partial charge in [-0.05, 0) is 30.7 Å². The van der Waals surface area contributed by atoms with Crippen molar-refractivity contribution >= 4 is 23.7 Å². The number of hydrazine groups is 1. The van der Waals surface area contributed by atoms with Crippen LogP contribution in [-0.4, -0.2) is 33.8 Å². The third kappa shape index (κ3) is 6.00. The summed E-state index contributed by atoms with van der Waals surface area (Å²) in [7, 11) is 0. The Morgan fingerprint density at radius 3 is 1.97 bits per heavy atom. The number of rotatable bonds is 8. The minimum atomic E-state index is -1.43. The number of imide groups is 1. The van der Waals surface area contributed by atoms with Gasteiger partial charge < -0.3 is 5.11 Å². The van der Waals surface area contributed by atoms with Crippen molar-refractivity contribution < 1.29 is 24.3 Å². The van der Waals surface area contributed by atoms with E-state index in [4.69, 9.17) is 0 Å². The summed E-state index contributed by atoms with van der Waals surface area (Å²) in [5, 5.41) is 10.0. The Morgan fingerprint density at radius 1 is 0.897 bits per heavy atom. The predicted octanol–water partition coefficient (Wildman–Crippen LogP) is 3.28. The second kappa shape index (κ2) is 10.8. The molecular weight excluding hydrogens is 372 g/mol. The van der Waals surface area contributed by atoms with E-state index in [-0.39, 0.29) is 17.5 Å². The Hall–Kier alpha value is -3.48. The third-order valence-electron chi connectivity index (χ3n) is 4.39. The number of aliphatic carboxylic acids is 1. The van der Waals surface area contributed by atoms with Gasteiger partial charge in [0.05, 0.1) is 0 Å². The van der Waals surface area contributed by atoms with Crippen molar-refractivity contribution in [2.24, 2.45) is 5.92 Å². The fourth-order valence-electron chi connectivity index (χ4n) is 2.78. The van der Waals surface area contributed by atoms with Gasteiger partial charge in [-0.3, -0.25) is 24.6 Å². The van der Waals surface area contributed by atoms with Crippen molar-refractivity contribution in [3.8, 4) is 0 Å². The molecule has 0 aliphatic carbocycles. The van der Waals surface area contributed by atoms with Gasteiger partial charge in [-0.2, -0.15) is 5.01 Å². The number of carboxylic acid groups (broad SMARTS) is 1. The van der Waals surface area contributed by atoms with Crippen molar-refractivity contribution in [2.75, 3.05) is 0 Å². The average molecular weight is 396 g/mol. The van der Waals surface area contributed by atoms with Crippen LogP contribution in [0.5, 0.6) is 0 Å². The van der Waals surface area contributed by atoms with E-state index in [1.54, 1.807) is 36.4 Å². The van der Waals surface area contributed by atoms with Crippen LogP contribution in [0.3, 0.4) is 0 Å². The molecule has 7 heteroatoms. The van der Waals surface area contributed by atoms with Crippen molar-refractivity contribution in [2.45, 2.75) is 32.6 Å². The van der Waals surface area contributed by atoms with Gasteiger partial charge in [0.1, 0.15) is 5.92 Å². The smallest absolute Gasteiger partial charge is 0.316 e. The number of carbonyl (C=O) groups is 4. The quantitative estimate of drug-likeness (QED) is 0.405. The van der Waals surface area contributed by atoms with E-state index in [0.717, 1.165) is 12.8 Å². The van der Waals surface area contributed by atoms with E-state index in [0.29, 0.717) is 11.4 Å². The Balaban J connectivity index is 2.32. The van der Waals surface area contributed by atoms with E-state index in [9.17, 15) is 24.3 Å². The second-order valence-electron chi connectivity index (χ2n) is 6.54. The van der Waals surface area contributed by atoms with Gasteiger partial charge in [0, 0.05) is 11.1 Å². The monoisotopic (exact) mass is 396 g/mol. The maximum atomic E-state index is 13.0. The molecule has 0 saturated heterocycles. The molecule has 1 atom stereocenters. The molecule has 0 aliphatic rings. The summed E-state index contributed by atoms with van der Waals surface area (Å²) >= 11 is 0. The Bertz CT molecular complexity index is 852. The van der Waals surface area contributed by atoms with Crippen molar-refractivity contribution in [3.05, 3.63) is 71.8 Å². The van der Waals surface area contributed by atoms with Crippen LogP contribution < -0.4 is 5.43 Å².